The van der Waals surface area contributed by atoms with Crippen LogP contribution in [0, 0.1) is 0 Å². The topological polar surface area (TPSA) is 40.7 Å². The SMILES string of the molecule is c1cncc(CCNCc2cc[nH]c2)c1. The molecule has 0 aliphatic rings. The average molecular weight is 201 g/mol. The summed E-state index contributed by atoms with van der Waals surface area (Å²) in [6.45, 7) is 1.90. The van der Waals surface area contributed by atoms with Gasteiger partial charge in [-0.25, -0.2) is 0 Å². The largest absolute Gasteiger partial charge is 0.367 e. The third kappa shape index (κ3) is 3.22. The summed E-state index contributed by atoms with van der Waals surface area (Å²) >= 11 is 0. The van der Waals surface area contributed by atoms with E-state index < -0.39 is 0 Å². The first-order valence-electron chi connectivity index (χ1n) is 5.16. The molecule has 2 aromatic heterocycles. The summed E-state index contributed by atoms with van der Waals surface area (Å²) in [4.78, 5) is 7.12. The molecule has 0 saturated heterocycles. The summed E-state index contributed by atoms with van der Waals surface area (Å²) < 4.78 is 0. The number of pyridine rings is 1. The maximum absolute atomic E-state index is 4.08. The highest BCUT2D eigenvalue weighted by Gasteiger charge is 1.93. The number of hydrogen-bond donors (Lipinski definition) is 2. The van der Waals surface area contributed by atoms with Crippen molar-refractivity contribution in [3.8, 4) is 0 Å². The predicted molar refractivity (Wildman–Crippen MR) is 60.4 cm³/mol. The molecule has 2 N–H and O–H groups in total. The number of aromatic amines is 1. The van der Waals surface area contributed by atoms with Crippen molar-refractivity contribution >= 4 is 0 Å². The van der Waals surface area contributed by atoms with Gasteiger partial charge < -0.3 is 10.3 Å². The molecule has 0 aliphatic heterocycles. The Balaban J connectivity index is 1.68. The van der Waals surface area contributed by atoms with Crippen LogP contribution in [0.25, 0.3) is 0 Å². The van der Waals surface area contributed by atoms with Crippen LogP contribution in [0.3, 0.4) is 0 Å². The average Bonchev–Trinajstić information content (AvgIpc) is 2.79. The highest BCUT2D eigenvalue weighted by atomic mass is 14.8. The number of nitrogens with one attached hydrogen (secondary N) is 2. The molecule has 15 heavy (non-hydrogen) atoms. The van der Waals surface area contributed by atoms with E-state index in [4.69, 9.17) is 0 Å². The van der Waals surface area contributed by atoms with E-state index in [0.717, 1.165) is 19.5 Å². The molecule has 78 valence electrons. The van der Waals surface area contributed by atoms with Crippen molar-refractivity contribution in [2.75, 3.05) is 6.54 Å². The molecular formula is C12H15N3. The van der Waals surface area contributed by atoms with E-state index in [1.165, 1.54) is 11.1 Å². The third-order valence-electron chi connectivity index (χ3n) is 2.30. The fourth-order valence-electron chi connectivity index (χ4n) is 1.48. The maximum atomic E-state index is 4.08. The van der Waals surface area contributed by atoms with Crippen LogP contribution in [-0.4, -0.2) is 16.5 Å². The van der Waals surface area contributed by atoms with E-state index in [1.54, 1.807) is 6.20 Å². The molecular weight excluding hydrogens is 186 g/mol. The standard InChI is InChI=1S/C12H15N3/c1-2-11(8-13-5-1)3-6-14-9-12-4-7-15-10-12/h1-2,4-5,7-8,10,14-15H,3,6,9H2. The molecule has 2 rings (SSSR count). The van der Waals surface area contributed by atoms with E-state index in [1.807, 2.05) is 24.7 Å². The first kappa shape index (κ1) is 9.93. The van der Waals surface area contributed by atoms with E-state index >= 15 is 0 Å². The van der Waals surface area contributed by atoms with Gasteiger partial charge in [-0.05, 0) is 36.2 Å². The minimum absolute atomic E-state index is 0.920. The minimum Gasteiger partial charge on any atom is -0.367 e. The zero-order valence-electron chi connectivity index (χ0n) is 8.61. The summed E-state index contributed by atoms with van der Waals surface area (Å²) in [5.74, 6) is 0. The lowest BCUT2D eigenvalue weighted by molar-refractivity contribution is 0.686. The van der Waals surface area contributed by atoms with E-state index in [-0.39, 0.29) is 0 Å². The second-order valence-electron chi connectivity index (χ2n) is 3.51. The normalized spacial score (nSPS) is 10.4. The molecule has 2 heterocycles. The van der Waals surface area contributed by atoms with Gasteiger partial charge in [0.15, 0.2) is 0 Å². The fourth-order valence-corrected chi connectivity index (χ4v) is 1.48. The minimum atomic E-state index is 0.920. The van der Waals surface area contributed by atoms with Crippen molar-refractivity contribution in [1.29, 1.82) is 0 Å². The van der Waals surface area contributed by atoms with Gasteiger partial charge in [-0.3, -0.25) is 4.98 Å². The summed E-state index contributed by atoms with van der Waals surface area (Å²) in [5.41, 5.74) is 2.57. The Kier molecular flexibility index (Phi) is 3.52. The molecule has 0 unspecified atom stereocenters. The first-order chi connectivity index (χ1) is 7.45. The molecule has 0 aliphatic carbocycles. The molecule has 3 nitrogen and oxygen atoms in total. The Morgan fingerprint density at radius 3 is 3.00 bits per heavy atom. The second-order valence-corrected chi connectivity index (χ2v) is 3.51. The lowest BCUT2D eigenvalue weighted by Gasteiger charge is -2.02. The van der Waals surface area contributed by atoms with E-state index in [9.17, 15) is 0 Å². The van der Waals surface area contributed by atoms with Crippen molar-refractivity contribution in [3.05, 3.63) is 54.1 Å². The summed E-state index contributed by atoms with van der Waals surface area (Å²) in [7, 11) is 0. The van der Waals surface area contributed by atoms with Gasteiger partial charge in [-0.2, -0.15) is 0 Å². The summed E-state index contributed by atoms with van der Waals surface area (Å²) in [6, 6.07) is 6.16. The molecule has 3 heteroatoms. The molecule has 0 saturated carbocycles. The molecule has 0 radical (unpaired) electrons. The molecule has 0 fully saturated rings. The van der Waals surface area contributed by atoms with Gasteiger partial charge >= 0.3 is 0 Å². The lowest BCUT2D eigenvalue weighted by atomic mass is 10.2. The van der Waals surface area contributed by atoms with Gasteiger partial charge in [0.1, 0.15) is 0 Å². The number of aromatic nitrogens is 2. The van der Waals surface area contributed by atoms with Crippen LogP contribution in [0.15, 0.2) is 43.0 Å². The highest BCUT2D eigenvalue weighted by Crippen LogP contribution is 1.97. The summed E-state index contributed by atoms with van der Waals surface area (Å²) in [5, 5.41) is 3.39. The van der Waals surface area contributed by atoms with Crippen LogP contribution in [0.4, 0.5) is 0 Å². The first-order valence-corrected chi connectivity index (χ1v) is 5.16. The quantitative estimate of drug-likeness (QED) is 0.723. The summed E-state index contributed by atoms with van der Waals surface area (Å²) in [6.07, 6.45) is 8.70. The van der Waals surface area contributed by atoms with Crippen molar-refractivity contribution in [1.82, 2.24) is 15.3 Å². The van der Waals surface area contributed by atoms with Gasteiger partial charge in [-0.15, -0.1) is 0 Å². The Hall–Kier alpha value is -1.61. The number of rotatable bonds is 5. The molecule has 0 aromatic carbocycles. The lowest BCUT2D eigenvalue weighted by Crippen LogP contribution is -2.16. The Labute approximate surface area is 89.6 Å². The van der Waals surface area contributed by atoms with Gasteiger partial charge in [0, 0.05) is 31.3 Å². The van der Waals surface area contributed by atoms with Crippen LogP contribution in [0.5, 0.6) is 0 Å². The van der Waals surface area contributed by atoms with Crippen molar-refractivity contribution in [2.45, 2.75) is 13.0 Å². The molecule has 0 spiro atoms. The van der Waals surface area contributed by atoms with Crippen LogP contribution in [-0.2, 0) is 13.0 Å². The van der Waals surface area contributed by atoms with Gasteiger partial charge in [0.25, 0.3) is 0 Å². The Bertz CT molecular complexity index is 367. The third-order valence-corrected chi connectivity index (χ3v) is 2.30. The zero-order chi connectivity index (χ0) is 10.3. The predicted octanol–water partition coefficient (Wildman–Crippen LogP) is 1.74. The monoisotopic (exact) mass is 201 g/mol. The zero-order valence-corrected chi connectivity index (χ0v) is 8.61. The van der Waals surface area contributed by atoms with E-state index in [2.05, 4.69) is 27.4 Å². The van der Waals surface area contributed by atoms with E-state index in [0.29, 0.717) is 0 Å². The fraction of sp³-hybridized carbons (Fsp3) is 0.250. The van der Waals surface area contributed by atoms with Crippen molar-refractivity contribution in [3.63, 3.8) is 0 Å². The maximum Gasteiger partial charge on any atom is 0.0300 e. The van der Waals surface area contributed by atoms with Gasteiger partial charge in [0.05, 0.1) is 0 Å². The molecule has 0 atom stereocenters. The number of H-pyrrole nitrogens is 1. The second kappa shape index (κ2) is 5.32. The van der Waals surface area contributed by atoms with Crippen molar-refractivity contribution < 1.29 is 0 Å². The Morgan fingerprint density at radius 1 is 1.27 bits per heavy atom. The Morgan fingerprint density at radius 2 is 2.27 bits per heavy atom. The number of hydrogen-bond acceptors (Lipinski definition) is 2. The van der Waals surface area contributed by atoms with Gasteiger partial charge in [0.2, 0.25) is 0 Å². The van der Waals surface area contributed by atoms with Gasteiger partial charge in [-0.1, -0.05) is 6.07 Å². The van der Waals surface area contributed by atoms with Crippen LogP contribution < -0.4 is 5.32 Å². The smallest absolute Gasteiger partial charge is 0.0300 e. The highest BCUT2D eigenvalue weighted by molar-refractivity contribution is 5.09. The van der Waals surface area contributed by atoms with Crippen LogP contribution >= 0.6 is 0 Å². The molecule has 0 bridgehead atoms. The molecule has 0 amide bonds. The molecule has 2 aromatic rings. The van der Waals surface area contributed by atoms with Crippen LogP contribution in [0.1, 0.15) is 11.1 Å². The van der Waals surface area contributed by atoms with Crippen LogP contribution in [0.2, 0.25) is 0 Å². The van der Waals surface area contributed by atoms with Crippen molar-refractivity contribution in [2.24, 2.45) is 0 Å². The number of nitrogens with zero attached hydrogens (tertiary/aromatic N) is 1.